The smallest absolute Gasteiger partial charge is 0.233 e. The van der Waals surface area contributed by atoms with Gasteiger partial charge in [-0.25, -0.2) is 4.98 Å². The molecular weight excluding hydrogens is 374 g/mol. The van der Waals surface area contributed by atoms with E-state index in [4.69, 9.17) is 14.5 Å². The second kappa shape index (κ2) is 8.07. The van der Waals surface area contributed by atoms with E-state index in [-0.39, 0.29) is 18.0 Å². The molecule has 6 nitrogen and oxygen atoms in total. The van der Waals surface area contributed by atoms with Crippen molar-refractivity contribution >= 4 is 17.7 Å². The molecule has 28 heavy (non-hydrogen) atoms. The van der Waals surface area contributed by atoms with Gasteiger partial charge in [0.15, 0.2) is 16.7 Å². The van der Waals surface area contributed by atoms with Gasteiger partial charge < -0.3 is 19.4 Å². The molecule has 2 aliphatic rings. The molecular formula is C21H27N3O3S. The molecule has 1 fully saturated rings. The summed E-state index contributed by atoms with van der Waals surface area (Å²) in [6, 6.07) is 6.27. The normalized spacial score (nSPS) is 17.1. The van der Waals surface area contributed by atoms with Gasteiger partial charge in [-0.05, 0) is 51.3 Å². The SMILES string of the molecule is Cc1nc(S[C@H](C)C(=O)NCc2ccc3c(c2)OCO3)n(C2CCCC2)c1C. The lowest BCUT2D eigenvalue weighted by molar-refractivity contribution is -0.120. The van der Waals surface area contributed by atoms with Gasteiger partial charge in [-0.1, -0.05) is 30.7 Å². The summed E-state index contributed by atoms with van der Waals surface area (Å²) in [7, 11) is 0. The van der Waals surface area contributed by atoms with Gasteiger partial charge in [-0.15, -0.1) is 0 Å². The van der Waals surface area contributed by atoms with Gasteiger partial charge in [0, 0.05) is 18.3 Å². The number of hydrogen-bond donors (Lipinski definition) is 1. The van der Waals surface area contributed by atoms with Crippen LogP contribution in [-0.4, -0.2) is 27.5 Å². The largest absolute Gasteiger partial charge is 0.454 e. The van der Waals surface area contributed by atoms with Gasteiger partial charge in [0.25, 0.3) is 0 Å². The van der Waals surface area contributed by atoms with Crippen LogP contribution in [0.25, 0.3) is 0 Å². The Morgan fingerprint density at radius 1 is 1.29 bits per heavy atom. The Morgan fingerprint density at radius 2 is 2.04 bits per heavy atom. The number of aromatic nitrogens is 2. The van der Waals surface area contributed by atoms with E-state index in [1.54, 1.807) is 11.8 Å². The van der Waals surface area contributed by atoms with Crippen LogP contribution in [0, 0.1) is 13.8 Å². The Kier molecular flexibility index (Phi) is 5.53. The van der Waals surface area contributed by atoms with Gasteiger partial charge in [0.1, 0.15) is 0 Å². The fourth-order valence-electron chi connectivity index (χ4n) is 3.87. The highest BCUT2D eigenvalue weighted by atomic mass is 32.2. The van der Waals surface area contributed by atoms with Crippen molar-refractivity contribution in [2.24, 2.45) is 0 Å². The molecule has 1 N–H and O–H groups in total. The Balaban J connectivity index is 1.39. The lowest BCUT2D eigenvalue weighted by atomic mass is 10.2. The van der Waals surface area contributed by atoms with Gasteiger partial charge in [0.2, 0.25) is 12.7 Å². The second-order valence-electron chi connectivity index (χ2n) is 7.54. The Bertz CT molecular complexity index is 874. The first-order chi connectivity index (χ1) is 13.5. The fraction of sp³-hybridized carbons (Fsp3) is 0.524. The van der Waals surface area contributed by atoms with E-state index >= 15 is 0 Å². The number of hydrogen-bond acceptors (Lipinski definition) is 5. The number of benzene rings is 1. The number of nitrogens with zero attached hydrogens (tertiary/aromatic N) is 2. The highest BCUT2D eigenvalue weighted by molar-refractivity contribution is 8.00. The maximum atomic E-state index is 12.7. The third-order valence-corrected chi connectivity index (χ3v) is 6.67. The fourth-order valence-corrected chi connectivity index (χ4v) is 4.96. The summed E-state index contributed by atoms with van der Waals surface area (Å²) in [6.07, 6.45) is 4.96. The molecule has 0 unspecified atom stereocenters. The maximum absolute atomic E-state index is 12.7. The molecule has 1 aromatic heterocycles. The van der Waals surface area contributed by atoms with Crippen LogP contribution in [-0.2, 0) is 11.3 Å². The van der Waals surface area contributed by atoms with Gasteiger partial charge in [0.05, 0.1) is 10.9 Å². The molecule has 2 heterocycles. The molecule has 1 aliphatic heterocycles. The molecule has 1 atom stereocenters. The van der Waals surface area contributed by atoms with E-state index in [2.05, 4.69) is 23.7 Å². The average molecular weight is 402 g/mol. The number of imidazole rings is 1. The number of carbonyl (C=O) groups excluding carboxylic acids is 1. The molecule has 1 amide bonds. The van der Waals surface area contributed by atoms with Gasteiger partial charge in [-0.3, -0.25) is 4.79 Å². The molecule has 1 aliphatic carbocycles. The van der Waals surface area contributed by atoms with Crippen LogP contribution >= 0.6 is 11.8 Å². The third-order valence-electron chi connectivity index (χ3n) is 5.60. The minimum Gasteiger partial charge on any atom is -0.454 e. The molecule has 4 rings (SSSR count). The number of nitrogens with one attached hydrogen (secondary N) is 1. The van der Waals surface area contributed by atoms with Crippen LogP contribution in [0.3, 0.4) is 0 Å². The van der Waals surface area contributed by atoms with Crippen LogP contribution in [0.4, 0.5) is 0 Å². The van der Waals surface area contributed by atoms with Crippen LogP contribution < -0.4 is 14.8 Å². The van der Waals surface area contributed by atoms with E-state index in [0.717, 1.165) is 27.9 Å². The number of amides is 1. The van der Waals surface area contributed by atoms with Crippen molar-refractivity contribution in [3.8, 4) is 11.5 Å². The predicted octanol–water partition coefficient (Wildman–Crippen LogP) is 4.14. The molecule has 150 valence electrons. The zero-order valence-electron chi connectivity index (χ0n) is 16.7. The average Bonchev–Trinajstić information content (AvgIpc) is 3.41. The highest BCUT2D eigenvalue weighted by Crippen LogP contribution is 2.36. The summed E-state index contributed by atoms with van der Waals surface area (Å²) >= 11 is 1.55. The second-order valence-corrected chi connectivity index (χ2v) is 8.85. The standard InChI is InChI=1S/C21H27N3O3S/c1-13-14(2)24(17-6-4-5-7-17)21(23-13)28-15(3)20(25)22-11-16-8-9-18-19(10-16)27-12-26-18/h8-10,15,17H,4-7,11-12H2,1-3H3,(H,22,25)/t15-/m1/s1. The van der Waals surface area contributed by atoms with Gasteiger partial charge in [-0.2, -0.15) is 0 Å². The summed E-state index contributed by atoms with van der Waals surface area (Å²) in [4.78, 5) is 17.4. The Morgan fingerprint density at radius 3 is 2.82 bits per heavy atom. The Labute approximate surface area is 170 Å². The summed E-state index contributed by atoms with van der Waals surface area (Å²) in [6.45, 7) is 6.85. The van der Waals surface area contributed by atoms with E-state index < -0.39 is 0 Å². The molecule has 1 saturated carbocycles. The molecule has 0 spiro atoms. The van der Waals surface area contributed by atoms with E-state index in [1.165, 1.54) is 31.4 Å². The van der Waals surface area contributed by atoms with Crippen molar-refractivity contribution in [1.29, 1.82) is 0 Å². The number of carbonyl (C=O) groups is 1. The molecule has 0 radical (unpaired) electrons. The van der Waals surface area contributed by atoms with Crippen LogP contribution in [0.15, 0.2) is 23.4 Å². The first-order valence-corrected chi connectivity index (χ1v) is 10.8. The molecule has 0 saturated heterocycles. The van der Waals surface area contributed by atoms with E-state index in [0.29, 0.717) is 12.6 Å². The van der Waals surface area contributed by atoms with Crippen LogP contribution in [0.5, 0.6) is 11.5 Å². The first kappa shape index (κ1) is 19.2. The molecule has 2 aromatic rings. The van der Waals surface area contributed by atoms with Crippen molar-refractivity contribution in [3.63, 3.8) is 0 Å². The van der Waals surface area contributed by atoms with Crippen molar-refractivity contribution in [2.45, 2.75) is 69.4 Å². The first-order valence-electron chi connectivity index (χ1n) is 9.91. The summed E-state index contributed by atoms with van der Waals surface area (Å²) in [5.74, 6) is 1.50. The van der Waals surface area contributed by atoms with Crippen molar-refractivity contribution in [3.05, 3.63) is 35.2 Å². The van der Waals surface area contributed by atoms with Crippen molar-refractivity contribution in [1.82, 2.24) is 14.9 Å². The zero-order valence-corrected chi connectivity index (χ0v) is 17.5. The maximum Gasteiger partial charge on any atom is 0.233 e. The quantitative estimate of drug-likeness (QED) is 0.737. The van der Waals surface area contributed by atoms with Crippen LogP contribution in [0.2, 0.25) is 0 Å². The molecule has 7 heteroatoms. The van der Waals surface area contributed by atoms with Crippen molar-refractivity contribution in [2.75, 3.05) is 6.79 Å². The van der Waals surface area contributed by atoms with E-state index in [1.807, 2.05) is 25.1 Å². The lowest BCUT2D eigenvalue weighted by Gasteiger charge is -2.18. The zero-order chi connectivity index (χ0) is 19.7. The predicted molar refractivity (Wildman–Crippen MR) is 109 cm³/mol. The third kappa shape index (κ3) is 3.85. The topological polar surface area (TPSA) is 65.4 Å². The van der Waals surface area contributed by atoms with E-state index in [9.17, 15) is 4.79 Å². The van der Waals surface area contributed by atoms with Gasteiger partial charge >= 0.3 is 0 Å². The molecule has 0 bridgehead atoms. The monoisotopic (exact) mass is 401 g/mol. The number of fused-ring (bicyclic) bond motifs is 1. The number of rotatable bonds is 6. The summed E-state index contributed by atoms with van der Waals surface area (Å²) < 4.78 is 13.1. The minimum atomic E-state index is -0.213. The minimum absolute atomic E-state index is 0.0129. The summed E-state index contributed by atoms with van der Waals surface area (Å²) in [5, 5.41) is 3.78. The van der Waals surface area contributed by atoms with Crippen molar-refractivity contribution < 1.29 is 14.3 Å². The number of thioether (sulfide) groups is 1. The highest BCUT2D eigenvalue weighted by Gasteiger charge is 2.25. The number of aryl methyl sites for hydroxylation is 1. The Hall–Kier alpha value is -2.15. The molecule has 1 aromatic carbocycles. The number of ether oxygens (including phenoxy) is 2. The lowest BCUT2D eigenvalue weighted by Crippen LogP contribution is -2.30. The summed E-state index contributed by atoms with van der Waals surface area (Å²) in [5.41, 5.74) is 3.28. The van der Waals surface area contributed by atoms with Crippen LogP contribution in [0.1, 0.15) is 55.6 Å².